The second kappa shape index (κ2) is 6.79. The van der Waals surface area contributed by atoms with Crippen LogP contribution in [0.3, 0.4) is 0 Å². The SMILES string of the molecule is CC(=N)C(C#N)C(=O)CSc1cc(Cl)ccc1Cl. The summed E-state index contributed by atoms with van der Waals surface area (Å²) in [6.45, 7) is 1.45. The predicted octanol–water partition coefficient (Wildman–Crippen LogP) is 3.83. The van der Waals surface area contributed by atoms with Crippen molar-refractivity contribution in [1.29, 1.82) is 10.7 Å². The Morgan fingerprint density at radius 3 is 2.78 bits per heavy atom. The van der Waals surface area contributed by atoms with Crippen molar-refractivity contribution in [2.45, 2.75) is 11.8 Å². The maximum absolute atomic E-state index is 11.7. The fourth-order valence-corrected chi connectivity index (χ4v) is 2.63. The zero-order valence-electron chi connectivity index (χ0n) is 9.54. The van der Waals surface area contributed by atoms with E-state index in [1.165, 1.54) is 18.7 Å². The number of thioether (sulfide) groups is 1. The summed E-state index contributed by atoms with van der Waals surface area (Å²) in [6, 6.07) is 6.80. The lowest BCUT2D eigenvalue weighted by atomic mass is 10.0. The van der Waals surface area contributed by atoms with Crippen LogP contribution in [0.15, 0.2) is 23.1 Å². The topological polar surface area (TPSA) is 64.7 Å². The first-order chi connectivity index (χ1) is 8.45. The van der Waals surface area contributed by atoms with Gasteiger partial charge in [-0.25, -0.2) is 0 Å². The quantitative estimate of drug-likeness (QED) is 0.664. The summed E-state index contributed by atoms with van der Waals surface area (Å²) < 4.78 is 0. The lowest BCUT2D eigenvalue weighted by Gasteiger charge is -2.07. The molecule has 0 heterocycles. The van der Waals surface area contributed by atoms with E-state index in [0.717, 1.165) is 0 Å². The largest absolute Gasteiger partial charge is 0.308 e. The minimum absolute atomic E-state index is 0.0558. The highest BCUT2D eigenvalue weighted by molar-refractivity contribution is 8.00. The number of hydrogen-bond donors (Lipinski definition) is 1. The van der Waals surface area contributed by atoms with Crippen LogP contribution in [-0.4, -0.2) is 17.2 Å². The summed E-state index contributed by atoms with van der Waals surface area (Å²) in [4.78, 5) is 12.4. The first-order valence-corrected chi connectivity index (χ1v) is 6.75. The molecule has 3 nitrogen and oxygen atoms in total. The van der Waals surface area contributed by atoms with Crippen LogP contribution in [0.5, 0.6) is 0 Å². The number of rotatable bonds is 5. The molecule has 0 amide bonds. The van der Waals surface area contributed by atoms with E-state index >= 15 is 0 Å². The third kappa shape index (κ3) is 4.02. The summed E-state index contributed by atoms with van der Waals surface area (Å²) >= 11 is 13.0. The third-order valence-electron chi connectivity index (χ3n) is 2.15. The molecular formula is C12H10Cl2N2OS. The molecule has 0 fully saturated rings. The van der Waals surface area contributed by atoms with Crippen LogP contribution in [0.2, 0.25) is 10.0 Å². The molecule has 94 valence electrons. The molecule has 0 spiro atoms. The van der Waals surface area contributed by atoms with Crippen molar-refractivity contribution in [3.05, 3.63) is 28.2 Å². The third-order valence-corrected chi connectivity index (χ3v) is 3.90. The van der Waals surface area contributed by atoms with Crippen LogP contribution in [0.1, 0.15) is 6.92 Å². The van der Waals surface area contributed by atoms with E-state index in [2.05, 4.69) is 0 Å². The second-order valence-electron chi connectivity index (χ2n) is 3.57. The molecule has 0 bridgehead atoms. The normalized spacial score (nSPS) is 11.7. The molecule has 1 aromatic carbocycles. The number of halogens is 2. The minimum Gasteiger partial charge on any atom is -0.308 e. The van der Waals surface area contributed by atoms with Gasteiger partial charge in [0.05, 0.1) is 16.8 Å². The highest BCUT2D eigenvalue weighted by Crippen LogP contribution is 2.30. The number of ketones is 1. The zero-order valence-corrected chi connectivity index (χ0v) is 11.9. The minimum atomic E-state index is -0.976. The van der Waals surface area contributed by atoms with Crippen LogP contribution in [0.25, 0.3) is 0 Å². The standard InChI is InChI=1S/C12H10Cl2N2OS/c1-7(16)9(5-15)11(17)6-18-12-4-8(13)2-3-10(12)14/h2-4,9,16H,6H2,1H3. The Morgan fingerprint density at radius 1 is 1.56 bits per heavy atom. The molecule has 1 aromatic rings. The summed E-state index contributed by atoms with van der Waals surface area (Å²) in [5.41, 5.74) is 0.0558. The van der Waals surface area contributed by atoms with Gasteiger partial charge in [-0.05, 0) is 25.1 Å². The molecule has 6 heteroatoms. The van der Waals surface area contributed by atoms with Gasteiger partial charge < -0.3 is 5.41 Å². The van der Waals surface area contributed by atoms with Crippen LogP contribution in [0, 0.1) is 22.7 Å². The number of nitrogens with zero attached hydrogens (tertiary/aromatic N) is 1. The highest BCUT2D eigenvalue weighted by Gasteiger charge is 2.20. The van der Waals surface area contributed by atoms with E-state index in [1.807, 2.05) is 6.07 Å². The van der Waals surface area contributed by atoms with Crippen molar-refractivity contribution in [1.82, 2.24) is 0 Å². The van der Waals surface area contributed by atoms with E-state index in [1.54, 1.807) is 18.2 Å². The molecule has 0 aliphatic rings. The highest BCUT2D eigenvalue weighted by atomic mass is 35.5. The maximum Gasteiger partial charge on any atom is 0.165 e. The van der Waals surface area contributed by atoms with E-state index in [0.29, 0.717) is 14.9 Å². The van der Waals surface area contributed by atoms with Gasteiger partial charge in [0, 0.05) is 15.6 Å². The zero-order chi connectivity index (χ0) is 13.7. The molecule has 1 N–H and O–H groups in total. The van der Waals surface area contributed by atoms with Gasteiger partial charge in [-0.15, -0.1) is 11.8 Å². The van der Waals surface area contributed by atoms with Crippen LogP contribution >= 0.6 is 35.0 Å². The van der Waals surface area contributed by atoms with Crippen molar-refractivity contribution in [3.8, 4) is 6.07 Å². The maximum atomic E-state index is 11.7. The van der Waals surface area contributed by atoms with Crippen LogP contribution in [0.4, 0.5) is 0 Å². The van der Waals surface area contributed by atoms with Gasteiger partial charge in [0.2, 0.25) is 0 Å². The number of hydrogen-bond acceptors (Lipinski definition) is 4. The van der Waals surface area contributed by atoms with E-state index < -0.39 is 5.92 Å². The number of carbonyl (C=O) groups is 1. The lowest BCUT2D eigenvalue weighted by molar-refractivity contribution is -0.117. The van der Waals surface area contributed by atoms with E-state index in [4.69, 9.17) is 33.9 Å². The van der Waals surface area contributed by atoms with Crippen molar-refractivity contribution < 1.29 is 4.79 Å². The molecule has 0 saturated carbocycles. The van der Waals surface area contributed by atoms with Crippen molar-refractivity contribution >= 4 is 46.5 Å². The molecule has 1 rings (SSSR count). The number of benzene rings is 1. The first-order valence-electron chi connectivity index (χ1n) is 5.01. The Bertz CT molecular complexity index is 525. The second-order valence-corrected chi connectivity index (χ2v) is 5.44. The van der Waals surface area contributed by atoms with E-state index in [-0.39, 0.29) is 17.2 Å². The average molecular weight is 301 g/mol. The Labute approximate surface area is 120 Å². The van der Waals surface area contributed by atoms with Gasteiger partial charge in [-0.1, -0.05) is 23.2 Å². The fourth-order valence-electron chi connectivity index (χ4n) is 1.23. The Morgan fingerprint density at radius 2 is 2.22 bits per heavy atom. The summed E-state index contributed by atoms with van der Waals surface area (Å²) in [6.07, 6.45) is 0. The first kappa shape index (κ1) is 15.0. The lowest BCUT2D eigenvalue weighted by Crippen LogP contribution is -2.21. The molecule has 18 heavy (non-hydrogen) atoms. The molecule has 0 aromatic heterocycles. The molecular weight excluding hydrogens is 291 g/mol. The van der Waals surface area contributed by atoms with Gasteiger partial charge in [-0.3, -0.25) is 4.79 Å². The van der Waals surface area contributed by atoms with Crippen LogP contribution in [-0.2, 0) is 4.79 Å². The number of nitrogens with one attached hydrogen (secondary N) is 1. The number of Topliss-reactive ketones (excluding diaryl/α,β-unsaturated/α-hetero) is 1. The van der Waals surface area contributed by atoms with Crippen molar-refractivity contribution in [2.75, 3.05) is 5.75 Å². The van der Waals surface area contributed by atoms with Gasteiger partial charge in [0.1, 0.15) is 5.92 Å². The smallest absolute Gasteiger partial charge is 0.165 e. The Hall–Kier alpha value is -1.02. The molecule has 0 radical (unpaired) electrons. The average Bonchev–Trinajstić information content (AvgIpc) is 2.30. The molecule has 0 saturated heterocycles. The van der Waals surface area contributed by atoms with Gasteiger partial charge in [-0.2, -0.15) is 5.26 Å². The van der Waals surface area contributed by atoms with Gasteiger partial charge in [0.15, 0.2) is 5.78 Å². The molecule has 0 aliphatic carbocycles. The number of nitriles is 1. The Balaban J connectivity index is 2.71. The van der Waals surface area contributed by atoms with Gasteiger partial charge >= 0.3 is 0 Å². The summed E-state index contributed by atoms with van der Waals surface area (Å²) in [5, 5.41) is 17.2. The predicted molar refractivity (Wildman–Crippen MR) is 74.7 cm³/mol. The molecule has 0 aliphatic heterocycles. The van der Waals surface area contributed by atoms with Crippen LogP contribution < -0.4 is 0 Å². The molecule has 1 unspecified atom stereocenters. The molecule has 1 atom stereocenters. The monoisotopic (exact) mass is 300 g/mol. The fraction of sp³-hybridized carbons (Fsp3) is 0.250. The Kier molecular flexibility index (Phi) is 5.67. The van der Waals surface area contributed by atoms with E-state index in [9.17, 15) is 4.79 Å². The van der Waals surface area contributed by atoms with Gasteiger partial charge in [0.25, 0.3) is 0 Å². The van der Waals surface area contributed by atoms with Crippen molar-refractivity contribution in [3.63, 3.8) is 0 Å². The van der Waals surface area contributed by atoms with Crippen molar-refractivity contribution in [2.24, 2.45) is 5.92 Å². The number of carbonyl (C=O) groups excluding carboxylic acids is 1. The summed E-state index contributed by atoms with van der Waals surface area (Å²) in [7, 11) is 0. The summed E-state index contributed by atoms with van der Waals surface area (Å²) in [5.74, 6) is -1.18.